The molecule has 1 N–H and O–H groups in total. The Morgan fingerprint density at radius 2 is 1.93 bits per heavy atom. The van der Waals surface area contributed by atoms with Gasteiger partial charge in [-0.3, -0.25) is 4.57 Å². The first kappa shape index (κ1) is 18.6. The van der Waals surface area contributed by atoms with Gasteiger partial charge in [0, 0.05) is 0 Å². The normalized spacial score (nSPS) is 11.3. The Morgan fingerprint density at radius 1 is 1.14 bits per heavy atom. The molecule has 4 rings (SSSR count). The van der Waals surface area contributed by atoms with Crippen LogP contribution in [0.5, 0.6) is 5.75 Å². The average Bonchev–Trinajstić information content (AvgIpc) is 3.30. The van der Waals surface area contributed by atoms with Crippen molar-refractivity contribution in [3.63, 3.8) is 0 Å². The Bertz CT molecular complexity index is 1100. The van der Waals surface area contributed by atoms with Gasteiger partial charge < -0.3 is 10.1 Å². The number of thioether (sulfide) groups is 1. The number of ether oxygens (including phenoxy) is 1. The van der Waals surface area contributed by atoms with Crippen LogP contribution < -0.4 is 10.1 Å². The summed E-state index contributed by atoms with van der Waals surface area (Å²) in [4.78, 5) is 4.33. The van der Waals surface area contributed by atoms with Gasteiger partial charge in [-0.1, -0.05) is 47.4 Å². The smallest absolute Gasteiger partial charge is 0.320 e. The van der Waals surface area contributed by atoms with E-state index >= 15 is 0 Å². The quantitative estimate of drug-likeness (QED) is 0.409. The standard InChI is InChI=1S/C18H15F2N5OS2/c1-26-14-9-5-3-7-12(14)22-17-23-24-18(28-17)27-10-15-21-11-6-2-4-8-13(11)25(15)16(19)20/h2-9,16H,10H2,1H3,(H,22,23). The summed E-state index contributed by atoms with van der Waals surface area (Å²) in [5.74, 6) is 1.26. The van der Waals surface area contributed by atoms with Crippen LogP contribution in [-0.4, -0.2) is 26.9 Å². The molecule has 0 atom stereocenters. The van der Waals surface area contributed by atoms with Crippen LogP contribution in [0.2, 0.25) is 0 Å². The van der Waals surface area contributed by atoms with E-state index in [4.69, 9.17) is 4.74 Å². The molecule has 10 heteroatoms. The molecular weight excluding hydrogens is 404 g/mol. The van der Waals surface area contributed by atoms with Crippen molar-refractivity contribution in [1.82, 2.24) is 19.7 Å². The molecule has 2 aromatic carbocycles. The second kappa shape index (κ2) is 8.11. The molecule has 0 amide bonds. The SMILES string of the molecule is COc1ccccc1Nc1nnc(SCc2nc3ccccc3n2C(F)F)s1. The lowest BCUT2D eigenvalue weighted by molar-refractivity contribution is 0.0722. The number of methoxy groups -OCH3 is 1. The molecule has 0 aliphatic heterocycles. The summed E-state index contributed by atoms with van der Waals surface area (Å²) in [6, 6.07) is 14.3. The fourth-order valence-corrected chi connectivity index (χ4v) is 4.42. The average molecular weight is 419 g/mol. The second-order valence-corrected chi connectivity index (χ2v) is 7.85. The number of benzene rings is 2. The third-order valence-electron chi connectivity index (χ3n) is 3.94. The van der Waals surface area contributed by atoms with E-state index in [-0.39, 0.29) is 5.75 Å². The van der Waals surface area contributed by atoms with Crippen LogP contribution in [0.1, 0.15) is 12.4 Å². The number of alkyl halides is 2. The van der Waals surface area contributed by atoms with Crippen LogP contribution >= 0.6 is 23.1 Å². The number of rotatable bonds is 7. The molecule has 0 bridgehead atoms. The molecule has 0 aliphatic carbocycles. The highest BCUT2D eigenvalue weighted by Gasteiger charge is 2.18. The third-order valence-corrected chi connectivity index (χ3v) is 5.91. The Hall–Kier alpha value is -2.72. The maximum atomic E-state index is 13.5. The van der Waals surface area contributed by atoms with Gasteiger partial charge in [-0.15, -0.1) is 10.2 Å². The zero-order chi connectivity index (χ0) is 19.5. The van der Waals surface area contributed by atoms with Gasteiger partial charge in [0.15, 0.2) is 4.34 Å². The van der Waals surface area contributed by atoms with Crippen molar-refractivity contribution in [3.8, 4) is 5.75 Å². The lowest BCUT2D eigenvalue weighted by Gasteiger charge is -2.07. The minimum absolute atomic E-state index is 0.266. The van der Waals surface area contributed by atoms with E-state index in [1.807, 2.05) is 24.3 Å². The first-order valence-corrected chi connectivity index (χ1v) is 10.1. The lowest BCUT2D eigenvalue weighted by Crippen LogP contribution is -2.03. The summed E-state index contributed by atoms with van der Waals surface area (Å²) < 4.78 is 33.9. The first-order valence-electron chi connectivity index (χ1n) is 8.26. The predicted molar refractivity (Wildman–Crippen MR) is 107 cm³/mol. The molecule has 6 nitrogen and oxygen atoms in total. The molecule has 0 unspecified atom stereocenters. The van der Waals surface area contributed by atoms with Crippen molar-refractivity contribution in [1.29, 1.82) is 0 Å². The molecule has 144 valence electrons. The molecule has 0 fully saturated rings. The van der Waals surface area contributed by atoms with E-state index in [2.05, 4.69) is 20.5 Å². The summed E-state index contributed by atoms with van der Waals surface area (Å²) >= 11 is 2.66. The van der Waals surface area contributed by atoms with E-state index in [1.54, 1.807) is 31.4 Å². The summed E-state index contributed by atoms with van der Waals surface area (Å²) in [6.45, 7) is -2.65. The number of halogens is 2. The van der Waals surface area contributed by atoms with Crippen molar-refractivity contribution in [2.75, 3.05) is 12.4 Å². The highest BCUT2D eigenvalue weighted by Crippen LogP contribution is 2.33. The second-order valence-electron chi connectivity index (χ2n) is 5.65. The monoisotopic (exact) mass is 419 g/mol. The molecule has 4 aromatic rings. The molecule has 2 heterocycles. The van der Waals surface area contributed by atoms with Crippen molar-refractivity contribution in [3.05, 3.63) is 54.4 Å². The summed E-state index contributed by atoms with van der Waals surface area (Å²) in [5.41, 5.74) is 1.75. The Labute approximate surface area is 167 Å². The van der Waals surface area contributed by atoms with Gasteiger partial charge in [-0.25, -0.2) is 4.98 Å². The van der Waals surface area contributed by atoms with Gasteiger partial charge in [0.05, 0.1) is 29.6 Å². The fraction of sp³-hybridized carbons (Fsp3) is 0.167. The maximum Gasteiger partial charge on any atom is 0.320 e. The molecule has 0 saturated heterocycles. The van der Waals surface area contributed by atoms with Crippen LogP contribution in [-0.2, 0) is 5.75 Å². The van der Waals surface area contributed by atoms with Crippen LogP contribution in [0.25, 0.3) is 11.0 Å². The maximum absolute atomic E-state index is 13.5. The lowest BCUT2D eigenvalue weighted by atomic mass is 10.3. The van der Waals surface area contributed by atoms with Crippen LogP contribution in [0.3, 0.4) is 0 Å². The van der Waals surface area contributed by atoms with Gasteiger partial charge in [0.25, 0.3) is 0 Å². The number of imidazole rings is 1. The van der Waals surface area contributed by atoms with Gasteiger partial charge >= 0.3 is 6.55 Å². The Balaban J connectivity index is 1.49. The third kappa shape index (κ3) is 3.78. The number of nitrogens with zero attached hydrogens (tertiary/aromatic N) is 4. The Kier molecular flexibility index (Phi) is 5.40. The van der Waals surface area contributed by atoms with Crippen molar-refractivity contribution < 1.29 is 13.5 Å². The summed E-state index contributed by atoms with van der Waals surface area (Å²) in [5, 5.41) is 12.0. The van der Waals surface area contributed by atoms with Crippen molar-refractivity contribution in [2.45, 2.75) is 16.6 Å². The van der Waals surface area contributed by atoms with Crippen LogP contribution in [0.4, 0.5) is 19.6 Å². The van der Waals surface area contributed by atoms with E-state index < -0.39 is 6.55 Å². The molecule has 0 saturated carbocycles. The van der Waals surface area contributed by atoms with E-state index in [0.29, 0.717) is 32.1 Å². The van der Waals surface area contributed by atoms with E-state index in [9.17, 15) is 8.78 Å². The predicted octanol–water partition coefficient (Wildman–Crippen LogP) is 5.33. The van der Waals surface area contributed by atoms with E-state index in [1.165, 1.54) is 23.1 Å². The van der Waals surface area contributed by atoms with Gasteiger partial charge in [0.1, 0.15) is 11.6 Å². The molecule has 2 aromatic heterocycles. The number of para-hydroxylation sites is 4. The van der Waals surface area contributed by atoms with Crippen molar-refractivity contribution >= 4 is 45.0 Å². The number of fused-ring (bicyclic) bond motifs is 1. The largest absolute Gasteiger partial charge is 0.495 e. The molecule has 28 heavy (non-hydrogen) atoms. The fourth-order valence-electron chi connectivity index (χ4n) is 2.72. The molecular formula is C18H15F2N5OS2. The molecule has 0 spiro atoms. The highest BCUT2D eigenvalue weighted by atomic mass is 32.2. The number of nitrogens with one attached hydrogen (secondary N) is 1. The number of hydrogen-bond acceptors (Lipinski definition) is 7. The van der Waals surface area contributed by atoms with Crippen molar-refractivity contribution in [2.24, 2.45) is 0 Å². The van der Waals surface area contributed by atoms with Gasteiger partial charge in [-0.05, 0) is 24.3 Å². The van der Waals surface area contributed by atoms with Crippen LogP contribution in [0, 0.1) is 0 Å². The topological polar surface area (TPSA) is 64.9 Å². The van der Waals surface area contributed by atoms with E-state index in [0.717, 1.165) is 10.3 Å². The number of aromatic nitrogens is 4. The van der Waals surface area contributed by atoms with Gasteiger partial charge in [0.2, 0.25) is 5.13 Å². The molecule has 0 aliphatic rings. The molecule has 0 radical (unpaired) electrons. The first-order chi connectivity index (χ1) is 13.7. The minimum Gasteiger partial charge on any atom is -0.495 e. The zero-order valence-corrected chi connectivity index (χ0v) is 16.3. The Morgan fingerprint density at radius 3 is 2.75 bits per heavy atom. The van der Waals surface area contributed by atoms with Crippen LogP contribution in [0.15, 0.2) is 52.9 Å². The zero-order valence-electron chi connectivity index (χ0n) is 14.7. The summed E-state index contributed by atoms with van der Waals surface area (Å²) in [6.07, 6.45) is 0. The minimum atomic E-state index is -2.65. The number of hydrogen-bond donors (Lipinski definition) is 1. The highest BCUT2D eigenvalue weighted by molar-refractivity contribution is 8.00. The van der Waals surface area contributed by atoms with Gasteiger partial charge in [-0.2, -0.15) is 8.78 Å². The number of anilines is 2. The summed E-state index contributed by atoms with van der Waals surface area (Å²) in [7, 11) is 1.59.